The van der Waals surface area contributed by atoms with Crippen molar-refractivity contribution < 1.29 is 9.47 Å². The minimum atomic E-state index is -0.195. The normalized spacial score (nSPS) is 36.2. The summed E-state index contributed by atoms with van der Waals surface area (Å²) in [5.41, 5.74) is -0.391. The van der Waals surface area contributed by atoms with Gasteiger partial charge in [-0.1, -0.05) is 12.5 Å². The molecule has 1 saturated heterocycles. The summed E-state index contributed by atoms with van der Waals surface area (Å²) in [5, 5.41) is 0. The zero-order chi connectivity index (χ0) is 12.7. The second-order valence-electron chi connectivity index (χ2n) is 6.50. The molecule has 0 aromatic heterocycles. The molecule has 1 heterocycles. The second-order valence-corrected chi connectivity index (χ2v) is 6.50. The molecule has 2 heteroatoms. The summed E-state index contributed by atoms with van der Waals surface area (Å²) >= 11 is 0. The van der Waals surface area contributed by atoms with Crippen LogP contribution in [0.15, 0.2) is 12.7 Å². The van der Waals surface area contributed by atoms with Crippen LogP contribution in [0.2, 0.25) is 0 Å². The smallest absolute Gasteiger partial charge is 0.162 e. The molecular formula is C15H26O2. The van der Waals surface area contributed by atoms with Crippen molar-refractivity contribution in [2.45, 2.75) is 70.9 Å². The van der Waals surface area contributed by atoms with Crippen LogP contribution in [-0.2, 0) is 9.47 Å². The SMILES string of the molecule is C=CC[C@@H]1CCC[C@H]1C1OC(C)(C)C(C)(C)O1. The second kappa shape index (κ2) is 4.40. The Balaban J connectivity index is 2.07. The standard InChI is InChI=1S/C15H26O2/c1-6-8-11-9-7-10-12(11)13-16-14(2,3)15(4,5)17-13/h6,11-13H,1,7-10H2,2-5H3/t11-,12-/m1/s1. The predicted molar refractivity (Wildman–Crippen MR) is 69.8 cm³/mol. The highest BCUT2D eigenvalue weighted by atomic mass is 16.7. The van der Waals surface area contributed by atoms with Gasteiger partial charge in [-0.2, -0.15) is 0 Å². The van der Waals surface area contributed by atoms with Gasteiger partial charge in [-0.15, -0.1) is 6.58 Å². The molecular weight excluding hydrogens is 212 g/mol. The molecule has 0 radical (unpaired) electrons. The van der Waals surface area contributed by atoms with Gasteiger partial charge in [0.2, 0.25) is 0 Å². The number of allylic oxidation sites excluding steroid dienone is 1. The number of hydrogen-bond acceptors (Lipinski definition) is 2. The molecule has 2 nitrogen and oxygen atoms in total. The van der Waals surface area contributed by atoms with Crippen LogP contribution < -0.4 is 0 Å². The summed E-state index contributed by atoms with van der Waals surface area (Å²) in [5.74, 6) is 1.25. The molecule has 1 aliphatic heterocycles. The third kappa shape index (κ3) is 2.30. The van der Waals surface area contributed by atoms with Crippen molar-refractivity contribution in [2.75, 3.05) is 0 Å². The molecule has 1 aliphatic carbocycles. The fourth-order valence-electron chi connectivity index (χ4n) is 2.99. The first kappa shape index (κ1) is 13.1. The zero-order valence-electron chi connectivity index (χ0n) is 11.7. The predicted octanol–water partition coefficient (Wildman–Crippen LogP) is 3.91. The zero-order valence-corrected chi connectivity index (χ0v) is 11.7. The van der Waals surface area contributed by atoms with Crippen molar-refractivity contribution in [3.05, 3.63) is 12.7 Å². The van der Waals surface area contributed by atoms with E-state index in [1.165, 1.54) is 19.3 Å². The highest BCUT2D eigenvalue weighted by molar-refractivity contribution is 4.97. The molecule has 98 valence electrons. The molecule has 2 atom stereocenters. The van der Waals surface area contributed by atoms with Crippen molar-refractivity contribution in [2.24, 2.45) is 11.8 Å². The van der Waals surface area contributed by atoms with Gasteiger partial charge in [0.15, 0.2) is 6.29 Å². The molecule has 0 aromatic carbocycles. The van der Waals surface area contributed by atoms with Gasteiger partial charge >= 0.3 is 0 Å². The van der Waals surface area contributed by atoms with E-state index in [9.17, 15) is 0 Å². The number of rotatable bonds is 3. The van der Waals surface area contributed by atoms with E-state index in [1.54, 1.807) is 0 Å². The van der Waals surface area contributed by atoms with Crippen LogP contribution in [0.25, 0.3) is 0 Å². The van der Waals surface area contributed by atoms with E-state index in [2.05, 4.69) is 34.3 Å². The number of ether oxygens (including phenoxy) is 2. The topological polar surface area (TPSA) is 18.5 Å². The first-order valence-electron chi connectivity index (χ1n) is 6.84. The van der Waals surface area contributed by atoms with Gasteiger partial charge in [-0.05, 0) is 52.9 Å². The highest BCUT2D eigenvalue weighted by Gasteiger charge is 2.52. The molecule has 0 aromatic rings. The Morgan fingerprint density at radius 1 is 1.12 bits per heavy atom. The van der Waals surface area contributed by atoms with E-state index in [4.69, 9.17) is 9.47 Å². The van der Waals surface area contributed by atoms with E-state index < -0.39 is 0 Å². The molecule has 17 heavy (non-hydrogen) atoms. The van der Waals surface area contributed by atoms with Gasteiger partial charge < -0.3 is 9.47 Å². The minimum absolute atomic E-state index is 0.0209. The average molecular weight is 238 g/mol. The fraction of sp³-hybridized carbons (Fsp3) is 0.867. The maximum atomic E-state index is 6.17. The first-order chi connectivity index (χ1) is 7.87. The lowest BCUT2D eigenvalue weighted by molar-refractivity contribution is -0.130. The monoisotopic (exact) mass is 238 g/mol. The lowest BCUT2D eigenvalue weighted by atomic mass is 9.90. The lowest BCUT2D eigenvalue weighted by Gasteiger charge is -2.30. The summed E-state index contributed by atoms with van der Waals surface area (Å²) in [7, 11) is 0. The van der Waals surface area contributed by atoms with Crippen LogP contribution in [-0.4, -0.2) is 17.5 Å². The largest absolute Gasteiger partial charge is 0.343 e. The van der Waals surface area contributed by atoms with Crippen molar-refractivity contribution in [3.63, 3.8) is 0 Å². The molecule has 0 spiro atoms. The van der Waals surface area contributed by atoms with Gasteiger partial charge in [0, 0.05) is 5.92 Å². The summed E-state index contributed by atoms with van der Waals surface area (Å²) in [6, 6.07) is 0. The van der Waals surface area contributed by atoms with Crippen LogP contribution in [0, 0.1) is 11.8 Å². The number of hydrogen-bond donors (Lipinski definition) is 0. The molecule has 2 fully saturated rings. The summed E-state index contributed by atoms with van der Waals surface area (Å²) in [6.45, 7) is 12.4. The van der Waals surface area contributed by atoms with E-state index in [-0.39, 0.29) is 17.5 Å². The van der Waals surface area contributed by atoms with Gasteiger partial charge in [-0.3, -0.25) is 0 Å². The van der Waals surface area contributed by atoms with E-state index in [1.807, 2.05) is 6.08 Å². The van der Waals surface area contributed by atoms with Gasteiger partial charge in [0.1, 0.15) is 0 Å². The Morgan fingerprint density at radius 3 is 2.24 bits per heavy atom. The first-order valence-corrected chi connectivity index (χ1v) is 6.84. The van der Waals surface area contributed by atoms with Crippen LogP contribution >= 0.6 is 0 Å². The Labute approximate surface area is 105 Å². The van der Waals surface area contributed by atoms with E-state index >= 15 is 0 Å². The Morgan fingerprint density at radius 2 is 1.71 bits per heavy atom. The van der Waals surface area contributed by atoms with Crippen LogP contribution in [0.5, 0.6) is 0 Å². The van der Waals surface area contributed by atoms with E-state index in [0.29, 0.717) is 11.8 Å². The molecule has 1 saturated carbocycles. The summed E-state index contributed by atoms with van der Waals surface area (Å²) in [4.78, 5) is 0. The third-order valence-electron chi connectivity index (χ3n) is 4.81. The molecule has 2 aliphatic rings. The van der Waals surface area contributed by atoms with Crippen LogP contribution in [0.4, 0.5) is 0 Å². The van der Waals surface area contributed by atoms with Crippen LogP contribution in [0.1, 0.15) is 53.4 Å². The Kier molecular flexibility index (Phi) is 3.39. The average Bonchev–Trinajstić information content (AvgIpc) is 2.71. The van der Waals surface area contributed by atoms with Crippen molar-refractivity contribution in [3.8, 4) is 0 Å². The maximum absolute atomic E-state index is 6.17. The molecule has 2 rings (SSSR count). The van der Waals surface area contributed by atoms with Crippen molar-refractivity contribution >= 4 is 0 Å². The summed E-state index contributed by atoms with van der Waals surface area (Å²) < 4.78 is 12.3. The summed E-state index contributed by atoms with van der Waals surface area (Å²) in [6.07, 6.45) is 6.93. The van der Waals surface area contributed by atoms with Gasteiger partial charge in [0.05, 0.1) is 11.2 Å². The highest BCUT2D eigenvalue weighted by Crippen LogP contribution is 2.46. The minimum Gasteiger partial charge on any atom is -0.343 e. The van der Waals surface area contributed by atoms with Gasteiger partial charge in [0.25, 0.3) is 0 Å². The Hall–Kier alpha value is -0.340. The van der Waals surface area contributed by atoms with Crippen molar-refractivity contribution in [1.29, 1.82) is 0 Å². The maximum Gasteiger partial charge on any atom is 0.162 e. The molecule has 0 bridgehead atoms. The fourth-order valence-corrected chi connectivity index (χ4v) is 2.99. The third-order valence-corrected chi connectivity index (χ3v) is 4.81. The quantitative estimate of drug-likeness (QED) is 0.694. The molecule has 0 amide bonds. The van der Waals surface area contributed by atoms with Crippen LogP contribution in [0.3, 0.4) is 0 Å². The van der Waals surface area contributed by atoms with E-state index in [0.717, 1.165) is 6.42 Å². The molecule has 0 unspecified atom stereocenters. The lowest BCUT2D eigenvalue weighted by Crippen LogP contribution is -2.41. The Bertz CT molecular complexity index is 277. The van der Waals surface area contributed by atoms with Crippen molar-refractivity contribution in [1.82, 2.24) is 0 Å². The molecule has 0 N–H and O–H groups in total. The van der Waals surface area contributed by atoms with Gasteiger partial charge in [-0.25, -0.2) is 0 Å².